The summed E-state index contributed by atoms with van der Waals surface area (Å²) in [7, 11) is 0. The van der Waals surface area contributed by atoms with Gasteiger partial charge in [0.25, 0.3) is 11.6 Å². The van der Waals surface area contributed by atoms with Gasteiger partial charge in [0.2, 0.25) is 5.91 Å². The van der Waals surface area contributed by atoms with Gasteiger partial charge >= 0.3 is 6.03 Å². The Hall–Kier alpha value is -4.27. The Balaban J connectivity index is 1.65. The third-order valence-corrected chi connectivity index (χ3v) is 4.19. The van der Waals surface area contributed by atoms with Crippen LogP contribution in [0.5, 0.6) is 0 Å². The zero-order chi connectivity index (χ0) is 21.7. The van der Waals surface area contributed by atoms with Gasteiger partial charge in [-0.1, -0.05) is 36.4 Å². The maximum atomic E-state index is 12.5. The van der Waals surface area contributed by atoms with Gasteiger partial charge in [-0.25, -0.2) is 9.69 Å². The molecule has 0 saturated carbocycles. The van der Waals surface area contributed by atoms with E-state index in [-0.39, 0.29) is 11.4 Å². The maximum Gasteiger partial charge on any atom is 0.329 e. The topological polar surface area (TPSA) is 122 Å². The van der Waals surface area contributed by atoms with E-state index in [2.05, 4.69) is 10.6 Å². The van der Waals surface area contributed by atoms with Crippen LogP contribution in [-0.2, 0) is 9.59 Å². The highest BCUT2D eigenvalue weighted by Crippen LogP contribution is 2.17. The second-order valence-electron chi connectivity index (χ2n) is 6.53. The summed E-state index contributed by atoms with van der Waals surface area (Å²) >= 11 is 0. The molecule has 3 rings (SSSR count). The lowest BCUT2D eigenvalue weighted by Gasteiger charge is -2.11. The molecule has 9 nitrogen and oxygen atoms in total. The van der Waals surface area contributed by atoms with E-state index in [4.69, 9.17) is 0 Å². The van der Waals surface area contributed by atoms with E-state index < -0.39 is 29.3 Å². The van der Waals surface area contributed by atoms with E-state index in [1.54, 1.807) is 13.0 Å². The second kappa shape index (κ2) is 8.82. The number of benzene rings is 2. The smallest absolute Gasteiger partial charge is 0.325 e. The molecule has 0 aromatic heterocycles. The molecule has 0 unspecified atom stereocenters. The van der Waals surface area contributed by atoms with Crippen LogP contribution in [0.15, 0.2) is 71.9 Å². The summed E-state index contributed by atoms with van der Waals surface area (Å²) < 4.78 is 0. The third-order valence-electron chi connectivity index (χ3n) is 4.19. The number of nitrogens with zero attached hydrogens (tertiary/aromatic N) is 2. The molecular weight excluding hydrogens is 388 g/mol. The van der Waals surface area contributed by atoms with Crippen molar-refractivity contribution in [3.8, 4) is 0 Å². The van der Waals surface area contributed by atoms with E-state index in [9.17, 15) is 24.5 Å². The Labute approximate surface area is 171 Å². The average Bonchev–Trinajstić information content (AvgIpc) is 2.96. The Morgan fingerprint density at radius 3 is 2.43 bits per heavy atom. The monoisotopic (exact) mass is 406 g/mol. The van der Waals surface area contributed by atoms with Gasteiger partial charge in [-0.05, 0) is 36.3 Å². The van der Waals surface area contributed by atoms with Crippen molar-refractivity contribution in [2.45, 2.75) is 6.92 Å². The second-order valence-corrected chi connectivity index (χ2v) is 6.53. The van der Waals surface area contributed by atoms with Crippen LogP contribution in [0, 0.1) is 10.1 Å². The van der Waals surface area contributed by atoms with Crippen molar-refractivity contribution in [2.24, 2.45) is 0 Å². The van der Waals surface area contributed by atoms with Crippen LogP contribution in [-0.4, -0.2) is 34.2 Å². The van der Waals surface area contributed by atoms with Crippen molar-refractivity contribution in [3.05, 3.63) is 87.6 Å². The lowest BCUT2D eigenvalue weighted by atomic mass is 10.1. The predicted molar refractivity (Wildman–Crippen MR) is 110 cm³/mol. The molecular formula is C21H18N4O5. The number of anilines is 1. The molecule has 2 aromatic rings. The van der Waals surface area contributed by atoms with Gasteiger partial charge in [0.15, 0.2) is 0 Å². The zero-order valence-electron chi connectivity index (χ0n) is 16.0. The van der Waals surface area contributed by atoms with Crippen molar-refractivity contribution in [1.29, 1.82) is 0 Å². The van der Waals surface area contributed by atoms with Crippen LogP contribution in [0.2, 0.25) is 0 Å². The Kier molecular flexibility index (Phi) is 6.02. The molecule has 0 radical (unpaired) electrons. The summed E-state index contributed by atoms with van der Waals surface area (Å²) in [6.45, 7) is 1.31. The molecule has 152 valence electrons. The number of hydrogen-bond donors (Lipinski definition) is 2. The highest BCUT2D eigenvalue weighted by Gasteiger charge is 2.34. The van der Waals surface area contributed by atoms with E-state index in [0.717, 1.165) is 16.0 Å². The molecule has 4 amide bonds. The number of nitrogens with one attached hydrogen (secondary N) is 2. The summed E-state index contributed by atoms with van der Waals surface area (Å²) in [6.07, 6.45) is 3.40. The van der Waals surface area contributed by atoms with E-state index >= 15 is 0 Å². The van der Waals surface area contributed by atoms with Crippen LogP contribution >= 0.6 is 0 Å². The number of carbonyl (C=O) groups excluding carboxylic acids is 3. The minimum absolute atomic E-state index is 0.0767. The summed E-state index contributed by atoms with van der Waals surface area (Å²) in [5.74, 6) is -1.22. The van der Waals surface area contributed by atoms with Gasteiger partial charge in [0.1, 0.15) is 12.2 Å². The van der Waals surface area contributed by atoms with Gasteiger partial charge in [-0.15, -0.1) is 0 Å². The van der Waals surface area contributed by atoms with Crippen LogP contribution < -0.4 is 10.6 Å². The SMILES string of the molecule is CC(/C=C1\NC(=O)N(CC(=O)Nc2ccc([N+](=O)[O-])cc2)C1=O)=C\c1ccccc1. The lowest BCUT2D eigenvalue weighted by Crippen LogP contribution is -2.38. The molecule has 1 aliphatic heterocycles. The number of amides is 4. The lowest BCUT2D eigenvalue weighted by molar-refractivity contribution is -0.384. The largest absolute Gasteiger partial charge is 0.329 e. The standard InChI is InChI=1S/C21H18N4O5/c1-14(11-15-5-3-2-4-6-15)12-18-20(27)24(21(28)23-18)13-19(26)22-16-7-9-17(10-8-16)25(29)30/h2-12H,13H2,1H3,(H,22,26)(H,23,28)/b14-11+,18-12-. The Morgan fingerprint density at radius 2 is 1.80 bits per heavy atom. The molecule has 1 saturated heterocycles. The molecule has 0 spiro atoms. The number of nitro groups is 1. The van der Waals surface area contributed by atoms with Crippen molar-refractivity contribution in [1.82, 2.24) is 10.2 Å². The number of carbonyl (C=O) groups is 3. The normalized spacial score (nSPS) is 15.3. The quantitative estimate of drug-likeness (QED) is 0.330. The number of allylic oxidation sites excluding steroid dienone is 2. The highest BCUT2D eigenvalue weighted by atomic mass is 16.6. The number of urea groups is 1. The van der Waals surface area contributed by atoms with E-state index in [1.165, 1.54) is 24.3 Å². The van der Waals surface area contributed by atoms with Crippen molar-refractivity contribution < 1.29 is 19.3 Å². The fraction of sp³-hybridized carbons (Fsp3) is 0.0952. The van der Waals surface area contributed by atoms with Crippen LogP contribution in [0.1, 0.15) is 12.5 Å². The predicted octanol–water partition coefficient (Wildman–Crippen LogP) is 3.07. The first-order chi connectivity index (χ1) is 14.3. The maximum absolute atomic E-state index is 12.5. The number of rotatable bonds is 6. The fourth-order valence-corrected chi connectivity index (χ4v) is 2.81. The summed E-state index contributed by atoms with van der Waals surface area (Å²) in [4.78, 5) is 47.7. The first-order valence-electron chi connectivity index (χ1n) is 8.95. The molecule has 30 heavy (non-hydrogen) atoms. The van der Waals surface area contributed by atoms with Crippen LogP contribution in [0.3, 0.4) is 0 Å². The molecule has 0 atom stereocenters. The zero-order valence-corrected chi connectivity index (χ0v) is 16.0. The number of nitro benzene ring substituents is 1. The fourth-order valence-electron chi connectivity index (χ4n) is 2.81. The highest BCUT2D eigenvalue weighted by molar-refractivity contribution is 6.14. The van der Waals surface area contributed by atoms with Gasteiger partial charge in [0.05, 0.1) is 4.92 Å². The first kappa shape index (κ1) is 20.5. The first-order valence-corrected chi connectivity index (χ1v) is 8.95. The number of non-ortho nitro benzene ring substituents is 1. The minimum Gasteiger partial charge on any atom is -0.325 e. The van der Waals surface area contributed by atoms with Crippen molar-refractivity contribution in [3.63, 3.8) is 0 Å². The molecule has 1 fully saturated rings. The molecule has 1 heterocycles. The molecule has 0 aliphatic carbocycles. The van der Waals surface area contributed by atoms with Gasteiger partial charge in [-0.3, -0.25) is 19.7 Å². The molecule has 2 N–H and O–H groups in total. The van der Waals surface area contributed by atoms with Gasteiger partial charge in [-0.2, -0.15) is 0 Å². The molecule has 2 aromatic carbocycles. The van der Waals surface area contributed by atoms with Crippen LogP contribution in [0.25, 0.3) is 6.08 Å². The summed E-state index contributed by atoms with van der Waals surface area (Å²) in [6, 6.07) is 14.0. The van der Waals surface area contributed by atoms with Gasteiger partial charge < -0.3 is 10.6 Å². The summed E-state index contributed by atoms with van der Waals surface area (Å²) in [5, 5.41) is 15.6. The molecule has 9 heteroatoms. The number of imide groups is 1. The van der Waals surface area contributed by atoms with Gasteiger partial charge in [0, 0.05) is 17.8 Å². The van der Waals surface area contributed by atoms with Crippen LogP contribution in [0.4, 0.5) is 16.2 Å². The Bertz CT molecular complexity index is 1060. The van der Waals surface area contributed by atoms with E-state index in [1.807, 2.05) is 36.4 Å². The number of hydrogen-bond acceptors (Lipinski definition) is 5. The van der Waals surface area contributed by atoms with E-state index in [0.29, 0.717) is 5.69 Å². The molecule has 1 aliphatic rings. The third kappa shape index (κ3) is 4.96. The average molecular weight is 406 g/mol. The summed E-state index contributed by atoms with van der Waals surface area (Å²) in [5.41, 5.74) is 1.98. The van der Waals surface area contributed by atoms with Crippen molar-refractivity contribution >= 4 is 35.3 Å². The van der Waals surface area contributed by atoms with Crippen molar-refractivity contribution in [2.75, 3.05) is 11.9 Å². The Morgan fingerprint density at radius 1 is 1.13 bits per heavy atom. The molecule has 0 bridgehead atoms. The minimum atomic E-state index is -0.697.